The minimum atomic E-state index is -0.737. The zero-order valence-corrected chi connectivity index (χ0v) is 14.6. The van der Waals surface area contributed by atoms with Crippen LogP contribution < -0.4 is 0 Å². The van der Waals surface area contributed by atoms with E-state index in [4.69, 9.17) is 24.0 Å². The Morgan fingerprint density at radius 1 is 1.08 bits per heavy atom. The van der Waals surface area contributed by atoms with Crippen molar-refractivity contribution in [1.82, 2.24) is 4.90 Å². The molecule has 7 heteroatoms. The molecule has 1 amide bonds. The van der Waals surface area contributed by atoms with Gasteiger partial charge in [0.25, 0.3) is 0 Å². The van der Waals surface area contributed by atoms with Crippen LogP contribution in [-0.4, -0.2) is 55.0 Å². The van der Waals surface area contributed by atoms with Crippen LogP contribution in [0, 0.1) is 11.8 Å². The first-order valence-electron chi connectivity index (χ1n) is 9.77. The predicted octanol–water partition coefficient (Wildman–Crippen LogP) is 2.59. The van der Waals surface area contributed by atoms with Crippen molar-refractivity contribution in [1.29, 1.82) is 0 Å². The molecule has 5 aliphatic rings. The summed E-state index contributed by atoms with van der Waals surface area (Å²) < 4.78 is 17.5. The molecule has 25 heavy (non-hydrogen) atoms. The average molecular weight is 353 g/mol. The lowest BCUT2D eigenvalue weighted by Crippen LogP contribution is -2.47. The maximum Gasteiger partial charge on any atom is 0.410 e. The molecule has 5 fully saturated rings. The van der Waals surface area contributed by atoms with Gasteiger partial charge in [-0.25, -0.2) is 4.79 Å². The van der Waals surface area contributed by atoms with Gasteiger partial charge in [0.2, 0.25) is 11.6 Å². The fraction of sp³-hybridized carbons (Fsp3) is 0.944. The molecule has 5 rings (SSSR count). The summed E-state index contributed by atoms with van der Waals surface area (Å²) in [4.78, 5) is 25.7. The highest BCUT2D eigenvalue weighted by molar-refractivity contribution is 5.67. The monoisotopic (exact) mass is 353 g/mol. The topological polar surface area (TPSA) is 66.5 Å². The van der Waals surface area contributed by atoms with Crippen LogP contribution in [0.3, 0.4) is 0 Å². The summed E-state index contributed by atoms with van der Waals surface area (Å²) in [6.07, 6.45) is 7.27. The summed E-state index contributed by atoms with van der Waals surface area (Å²) in [5.74, 6) is -0.118. The molecular formula is C18H27NO6. The SMILES string of the molecule is O=C(O[C@@H]1CCC[C@]2(C1)OOC1(CC3CCC1C3)O2)N1CCOCC1. The van der Waals surface area contributed by atoms with Crippen LogP contribution in [0.1, 0.15) is 51.4 Å². The van der Waals surface area contributed by atoms with Crippen molar-refractivity contribution in [2.45, 2.75) is 69.0 Å². The molecule has 2 bridgehead atoms. The van der Waals surface area contributed by atoms with E-state index in [9.17, 15) is 4.79 Å². The number of nitrogens with zero attached hydrogens (tertiary/aromatic N) is 1. The van der Waals surface area contributed by atoms with E-state index in [0.29, 0.717) is 44.6 Å². The Morgan fingerprint density at radius 3 is 2.72 bits per heavy atom. The van der Waals surface area contributed by atoms with Gasteiger partial charge in [-0.05, 0) is 38.0 Å². The van der Waals surface area contributed by atoms with Crippen LogP contribution in [0.5, 0.6) is 0 Å². The van der Waals surface area contributed by atoms with Gasteiger partial charge in [0, 0.05) is 38.3 Å². The molecule has 0 aromatic rings. The maximum absolute atomic E-state index is 12.4. The smallest absolute Gasteiger partial charge is 0.410 e. The van der Waals surface area contributed by atoms with Gasteiger partial charge in [0.1, 0.15) is 6.10 Å². The molecule has 0 aromatic carbocycles. The Bertz CT molecular complexity index is 538. The van der Waals surface area contributed by atoms with Crippen LogP contribution in [0.25, 0.3) is 0 Å². The van der Waals surface area contributed by atoms with Gasteiger partial charge in [0.15, 0.2) is 0 Å². The third kappa shape index (κ3) is 2.85. The van der Waals surface area contributed by atoms with E-state index in [0.717, 1.165) is 25.7 Å². The Hall–Kier alpha value is -0.890. The molecule has 5 atom stereocenters. The quantitative estimate of drug-likeness (QED) is 0.675. The summed E-state index contributed by atoms with van der Waals surface area (Å²) in [6.45, 7) is 2.35. The summed E-state index contributed by atoms with van der Waals surface area (Å²) in [7, 11) is 0. The number of morpholine rings is 1. The number of hydrogen-bond donors (Lipinski definition) is 0. The van der Waals surface area contributed by atoms with E-state index in [2.05, 4.69) is 0 Å². The molecule has 7 nitrogen and oxygen atoms in total. The van der Waals surface area contributed by atoms with E-state index in [1.54, 1.807) is 4.90 Å². The lowest BCUT2D eigenvalue weighted by Gasteiger charge is -2.37. The number of fused-ring (bicyclic) bond motifs is 3. The highest BCUT2D eigenvalue weighted by Crippen LogP contribution is 2.59. The second-order valence-electron chi connectivity index (χ2n) is 8.27. The lowest BCUT2D eigenvalue weighted by atomic mass is 9.90. The minimum absolute atomic E-state index is 0.179. The van der Waals surface area contributed by atoms with Gasteiger partial charge in [-0.3, -0.25) is 0 Å². The summed E-state index contributed by atoms with van der Waals surface area (Å²) in [5.41, 5.74) is 0. The summed E-state index contributed by atoms with van der Waals surface area (Å²) >= 11 is 0. The van der Waals surface area contributed by atoms with Crippen LogP contribution in [-0.2, 0) is 24.0 Å². The van der Waals surface area contributed by atoms with Crippen LogP contribution >= 0.6 is 0 Å². The number of amides is 1. The third-order valence-corrected chi connectivity index (χ3v) is 6.59. The molecule has 0 aromatic heterocycles. The molecule has 0 N–H and O–H groups in total. The molecule has 2 spiro atoms. The largest absolute Gasteiger partial charge is 0.446 e. The molecule has 3 unspecified atom stereocenters. The van der Waals surface area contributed by atoms with Crippen molar-refractivity contribution >= 4 is 6.09 Å². The molecule has 3 saturated carbocycles. The molecule has 140 valence electrons. The Labute approximate surface area is 147 Å². The van der Waals surface area contributed by atoms with Crippen molar-refractivity contribution in [2.75, 3.05) is 26.3 Å². The first-order chi connectivity index (χ1) is 12.2. The Kier molecular flexibility index (Phi) is 3.96. The van der Waals surface area contributed by atoms with E-state index in [1.165, 1.54) is 19.3 Å². The number of hydrogen-bond acceptors (Lipinski definition) is 6. The molecule has 3 aliphatic carbocycles. The van der Waals surface area contributed by atoms with Crippen molar-refractivity contribution in [2.24, 2.45) is 11.8 Å². The number of ether oxygens (including phenoxy) is 3. The van der Waals surface area contributed by atoms with Gasteiger partial charge < -0.3 is 19.1 Å². The normalized spacial score (nSPS) is 46.2. The first kappa shape index (κ1) is 16.3. The highest BCUT2D eigenvalue weighted by atomic mass is 17.3. The minimum Gasteiger partial charge on any atom is -0.446 e. The van der Waals surface area contributed by atoms with Crippen molar-refractivity contribution < 1.29 is 28.8 Å². The van der Waals surface area contributed by atoms with Crippen LogP contribution in [0.2, 0.25) is 0 Å². The summed E-state index contributed by atoms with van der Waals surface area (Å²) in [6, 6.07) is 0. The third-order valence-electron chi connectivity index (χ3n) is 6.59. The fourth-order valence-corrected chi connectivity index (χ4v) is 5.33. The Morgan fingerprint density at radius 2 is 1.96 bits per heavy atom. The van der Waals surface area contributed by atoms with Gasteiger partial charge in [-0.1, -0.05) is 0 Å². The van der Waals surface area contributed by atoms with Gasteiger partial charge >= 0.3 is 6.09 Å². The number of rotatable bonds is 1. The van der Waals surface area contributed by atoms with E-state index in [1.807, 2.05) is 0 Å². The standard InChI is InChI=1S/C18H27NO6/c20-16(19-6-8-21-9-7-19)22-15-2-1-5-17(12-15)23-18(25-24-17)11-13-3-4-14(18)10-13/h13-15H,1-12H2/t13?,14?,15-,17-,18?/m1/s1. The zero-order chi connectivity index (χ0) is 16.9. The van der Waals surface area contributed by atoms with Crippen LogP contribution in [0.4, 0.5) is 4.79 Å². The lowest BCUT2D eigenvalue weighted by molar-refractivity contribution is -0.363. The van der Waals surface area contributed by atoms with E-state index in [-0.39, 0.29) is 12.2 Å². The number of carbonyl (C=O) groups excluding carboxylic acids is 1. The predicted molar refractivity (Wildman–Crippen MR) is 85.3 cm³/mol. The van der Waals surface area contributed by atoms with Gasteiger partial charge in [0.05, 0.1) is 13.2 Å². The second-order valence-corrected chi connectivity index (χ2v) is 8.27. The Balaban J connectivity index is 1.22. The van der Waals surface area contributed by atoms with Gasteiger partial charge in [-0.15, -0.1) is 0 Å². The van der Waals surface area contributed by atoms with Crippen molar-refractivity contribution in [3.63, 3.8) is 0 Å². The molecule has 2 heterocycles. The van der Waals surface area contributed by atoms with Gasteiger partial charge in [-0.2, -0.15) is 9.78 Å². The summed E-state index contributed by atoms with van der Waals surface area (Å²) in [5, 5.41) is 0. The van der Waals surface area contributed by atoms with Crippen LogP contribution in [0.15, 0.2) is 0 Å². The second kappa shape index (κ2) is 6.08. The van der Waals surface area contributed by atoms with Crippen molar-refractivity contribution in [3.05, 3.63) is 0 Å². The number of carbonyl (C=O) groups is 1. The van der Waals surface area contributed by atoms with Crippen molar-refractivity contribution in [3.8, 4) is 0 Å². The molecule has 0 radical (unpaired) electrons. The van der Waals surface area contributed by atoms with E-state index >= 15 is 0 Å². The molecular weight excluding hydrogens is 326 g/mol. The molecule has 2 aliphatic heterocycles. The fourth-order valence-electron chi connectivity index (χ4n) is 5.33. The first-order valence-corrected chi connectivity index (χ1v) is 9.77. The highest BCUT2D eigenvalue weighted by Gasteiger charge is 2.63. The zero-order valence-electron chi connectivity index (χ0n) is 14.6. The van der Waals surface area contributed by atoms with E-state index < -0.39 is 11.6 Å². The molecule has 2 saturated heterocycles. The maximum atomic E-state index is 12.4. The average Bonchev–Trinajstić information content (AvgIpc) is 3.31.